The van der Waals surface area contributed by atoms with Gasteiger partial charge in [-0.3, -0.25) is 14.4 Å². The van der Waals surface area contributed by atoms with E-state index < -0.39 is 40.0 Å². The second-order valence-corrected chi connectivity index (χ2v) is 8.43. The van der Waals surface area contributed by atoms with Crippen LogP contribution in [0.3, 0.4) is 0 Å². The summed E-state index contributed by atoms with van der Waals surface area (Å²) < 4.78 is -0.646. The molecular formula is C16H18N4O5S. The molecule has 138 valence electrons. The van der Waals surface area contributed by atoms with E-state index in [0.29, 0.717) is 5.82 Å². The highest BCUT2D eigenvalue weighted by Crippen LogP contribution is 2.50. The maximum absolute atomic E-state index is 12.4. The predicted octanol–water partition coefficient (Wildman–Crippen LogP) is 0.285. The van der Waals surface area contributed by atoms with Crippen LogP contribution in [0.4, 0.5) is 5.82 Å². The van der Waals surface area contributed by atoms with E-state index in [4.69, 9.17) is 0 Å². The lowest BCUT2D eigenvalue weighted by Crippen LogP contribution is -2.70. The Morgan fingerprint density at radius 2 is 2.00 bits per heavy atom. The summed E-state index contributed by atoms with van der Waals surface area (Å²) in [7, 11) is 0. The van der Waals surface area contributed by atoms with Crippen molar-refractivity contribution in [3.05, 3.63) is 23.9 Å². The average molecular weight is 378 g/mol. The largest absolute Gasteiger partial charge is 0.480 e. The number of aliphatic carboxylic acids is 1. The van der Waals surface area contributed by atoms with Gasteiger partial charge in [-0.25, -0.2) is 9.78 Å². The Hall–Kier alpha value is -2.62. The SMILES string of the molecule is CC(=O)Nc1ccc(C(=O)N[C@H]2C(=O)N3[C@@H]2SC(C)(C)[C@H]3C(=O)O)cn1. The summed E-state index contributed by atoms with van der Waals surface area (Å²) in [6.07, 6.45) is 1.30. The van der Waals surface area contributed by atoms with Crippen LogP contribution in [-0.2, 0) is 14.4 Å². The minimum Gasteiger partial charge on any atom is -0.480 e. The second-order valence-electron chi connectivity index (χ2n) is 6.66. The van der Waals surface area contributed by atoms with E-state index >= 15 is 0 Å². The molecule has 0 radical (unpaired) electrons. The first kappa shape index (κ1) is 18.2. The number of hydrogen-bond donors (Lipinski definition) is 3. The number of nitrogens with zero attached hydrogens (tertiary/aromatic N) is 2. The van der Waals surface area contributed by atoms with Crippen LogP contribution < -0.4 is 10.6 Å². The molecule has 3 rings (SSSR count). The van der Waals surface area contributed by atoms with Crippen LogP contribution in [0.1, 0.15) is 31.1 Å². The molecule has 26 heavy (non-hydrogen) atoms. The summed E-state index contributed by atoms with van der Waals surface area (Å²) in [6, 6.07) is 1.28. The topological polar surface area (TPSA) is 129 Å². The zero-order valence-corrected chi connectivity index (χ0v) is 15.2. The summed E-state index contributed by atoms with van der Waals surface area (Å²) in [5.41, 5.74) is 0.238. The number of hydrogen-bond acceptors (Lipinski definition) is 6. The lowest BCUT2D eigenvalue weighted by atomic mass is 9.96. The molecule has 0 unspecified atom stereocenters. The van der Waals surface area contributed by atoms with Crippen molar-refractivity contribution in [2.45, 2.75) is 43.0 Å². The first-order chi connectivity index (χ1) is 12.1. The number of carboxylic acids is 1. The quantitative estimate of drug-likeness (QED) is 0.642. The molecule has 0 aliphatic carbocycles. The third kappa shape index (κ3) is 3.00. The van der Waals surface area contributed by atoms with Crippen molar-refractivity contribution in [2.75, 3.05) is 5.32 Å². The minimum atomic E-state index is -1.05. The van der Waals surface area contributed by atoms with E-state index in [1.54, 1.807) is 13.8 Å². The van der Waals surface area contributed by atoms with E-state index in [0.717, 1.165) is 0 Å². The molecule has 10 heteroatoms. The van der Waals surface area contributed by atoms with Crippen molar-refractivity contribution in [3.63, 3.8) is 0 Å². The standard InChI is InChI=1S/C16H18N4O5S/c1-7(21)18-9-5-4-8(6-17-9)12(22)19-10-13(23)20-11(15(24)25)16(2,3)26-14(10)20/h4-6,10-11,14H,1-3H3,(H,19,22)(H,24,25)(H,17,18,21)/t10-,11+,14+/m0/s1. The fourth-order valence-corrected chi connectivity index (χ4v) is 4.78. The van der Waals surface area contributed by atoms with Crippen molar-refractivity contribution < 1.29 is 24.3 Å². The fourth-order valence-electron chi connectivity index (χ4n) is 3.15. The van der Waals surface area contributed by atoms with Gasteiger partial charge in [0.2, 0.25) is 11.8 Å². The summed E-state index contributed by atoms with van der Waals surface area (Å²) in [5, 5.41) is 14.1. The van der Waals surface area contributed by atoms with Crippen LogP contribution in [0, 0.1) is 0 Å². The molecule has 1 aromatic rings. The number of pyridine rings is 1. The van der Waals surface area contributed by atoms with Gasteiger partial charge in [0.25, 0.3) is 5.91 Å². The molecule has 2 saturated heterocycles. The van der Waals surface area contributed by atoms with Crippen molar-refractivity contribution in [1.82, 2.24) is 15.2 Å². The Morgan fingerprint density at radius 1 is 1.31 bits per heavy atom. The average Bonchev–Trinajstić information content (AvgIpc) is 2.81. The van der Waals surface area contributed by atoms with Gasteiger partial charge in [0, 0.05) is 17.9 Å². The number of carbonyl (C=O) groups is 4. The number of anilines is 1. The molecule has 1 aromatic heterocycles. The Labute approximate surface area is 153 Å². The molecule has 0 spiro atoms. The first-order valence-electron chi connectivity index (χ1n) is 7.89. The number of rotatable bonds is 4. The maximum atomic E-state index is 12.4. The van der Waals surface area contributed by atoms with E-state index in [1.807, 2.05) is 0 Å². The maximum Gasteiger partial charge on any atom is 0.327 e. The Balaban J connectivity index is 1.69. The summed E-state index contributed by atoms with van der Waals surface area (Å²) >= 11 is 1.36. The number of carbonyl (C=O) groups excluding carboxylic acids is 3. The van der Waals surface area contributed by atoms with Gasteiger partial charge in [-0.1, -0.05) is 0 Å². The number of aromatic nitrogens is 1. The number of nitrogens with one attached hydrogen (secondary N) is 2. The van der Waals surface area contributed by atoms with Crippen LogP contribution in [0.25, 0.3) is 0 Å². The van der Waals surface area contributed by atoms with Crippen LogP contribution in [0.2, 0.25) is 0 Å². The number of amides is 3. The molecule has 2 aliphatic heterocycles. The Kier molecular flexibility index (Phi) is 4.39. The summed E-state index contributed by atoms with van der Waals surface area (Å²) in [5.74, 6) is -1.90. The number of thioether (sulfide) groups is 1. The number of fused-ring (bicyclic) bond motifs is 1. The van der Waals surface area contributed by atoms with E-state index in [1.165, 1.54) is 41.9 Å². The molecule has 3 atom stereocenters. The molecule has 0 aromatic carbocycles. The van der Waals surface area contributed by atoms with Gasteiger partial charge in [-0.15, -0.1) is 11.8 Å². The summed E-state index contributed by atoms with van der Waals surface area (Å²) in [4.78, 5) is 52.5. The molecule has 0 saturated carbocycles. The zero-order valence-electron chi connectivity index (χ0n) is 14.3. The van der Waals surface area contributed by atoms with Gasteiger partial charge < -0.3 is 20.6 Å². The molecule has 2 fully saturated rings. The Morgan fingerprint density at radius 3 is 2.54 bits per heavy atom. The van der Waals surface area contributed by atoms with Crippen LogP contribution >= 0.6 is 11.8 Å². The van der Waals surface area contributed by atoms with Crippen LogP contribution in [0.5, 0.6) is 0 Å². The van der Waals surface area contributed by atoms with Crippen molar-refractivity contribution in [2.24, 2.45) is 0 Å². The minimum absolute atomic E-state index is 0.238. The highest BCUT2D eigenvalue weighted by Gasteiger charge is 2.64. The van der Waals surface area contributed by atoms with Gasteiger partial charge in [0.05, 0.1) is 5.56 Å². The molecule has 3 amide bonds. The van der Waals surface area contributed by atoms with Gasteiger partial charge in [-0.05, 0) is 26.0 Å². The highest BCUT2D eigenvalue weighted by molar-refractivity contribution is 8.01. The molecule has 2 aliphatic rings. The van der Waals surface area contributed by atoms with Gasteiger partial charge in [0.15, 0.2) is 0 Å². The van der Waals surface area contributed by atoms with Crippen molar-refractivity contribution >= 4 is 41.3 Å². The van der Waals surface area contributed by atoms with E-state index in [9.17, 15) is 24.3 Å². The highest BCUT2D eigenvalue weighted by atomic mass is 32.2. The molecule has 3 N–H and O–H groups in total. The van der Waals surface area contributed by atoms with Gasteiger partial charge in [-0.2, -0.15) is 0 Å². The zero-order chi connectivity index (χ0) is 19.2. The van der Waals surface area contributed by atoms with Gasteiger partial charge >= 0.3 is 5.97 Å². The second kappa shape index (κ2) is 6.27. The lowest BCUT2D eigenvalue weighted by Gasteiger charge is -2.43. The summed E-state index contributed by atoms with van der Waals surface area (Å²) in [6.45, 7) is 4.89. The smallest absolute Gasteiger partial charge is 0.327 e. The van der Waals surface area contributed by atoms with Crippen molar-refractivity contribution in [3.8, 4) is 0 Å². The molecule has 3 heterocycles. The predicted molar refractivity (Wildman–Crippen MR) is 93.5 cm³/mol. The fraction of sp³-hybridized carbons (Fsp3) is 0.438. The first-order valence-corrected chi connectivity index (χ1v) is 8.77. The van der Waals surface area contributed by atoms with E-state index in [-0.39, 0.29) is 11.5 Å². The van der Waals surface area contributed by atoms with E-state index in [2.05, 4.69) is 15.6 Å². The third-order valence-electron chi connectivity index (χ3n) is 4.29. The molecular weight excluding hydrogens is 360 g/mol. The van der Waals surface area contributed by atoms with Gasteiger partial charge in [0.1, 0.15) is 23.3 Å². The molecule has 9 nitrogen and oxygen atoms in total. The normalized spacial score (nSPS) is 25.9. The molecule has 0 bridgehead atoms. The third-order valence-corrected chi connectivity index (χ3v) is 5.86. The monoisotopic (exact) mass is 378 g/mol. The number of β-lactam (4-membered cyclic amide) rings is 1. The van der Waals surface area contributed by atoms with Crippen LogP contribution in [0.15, 0.2) is 18.3 Å². The van der Waals surface area contributed by atoms with Crippen molar-refractivity contribution in [1.29, 1.82) is 0 Å². The lowest BCUT2D eigenvalue weighted by molar-refractivity contribution is -0.159. The Bertz CT molecular complexity index is 794. The van der Waals surface area contributed by atoms with Crippen LogP contribution in [-0.4, -0.2) is 60.9 Å². The number of carboxylic acid groups (broad SMARTS) is 1.